The number of benzene rings is 2. The Morgan fingerprint density at radius 1 is 0.750 bits per heavy atom. The topological polar surface area (TPSA) is 65.2 Å². The van der Waals surface area contributed by atoms with Crippen molar-refractivity contribution in [2.75, 3.05) is 0 Å². The molecule has 0 heterocycles. The molecule has 0 atom stereocenters. The molecule has 2 aromatic rings. The highest BCUT2D eigenvalue weighted by molar-refractivity contribution is 6.05. The van der Waals surface area contributed by atoms with Crippen molar-refractivity contribution in [1.82, 2.24) is 0 Å². The van der Waals surface area contributed by atoms with Crippen LogP contribution in [-0.2, 0) is 0 Å². The molecule has 126 valence electrons. The molecule has 2 rings (SSSR count). The normalized spacial score (nSPS) is 12.5. The average molecular weight is 324 g/mol. The molecule has 4 heteroatoms. The summed E-state index contributed by atoms with van der Waals surface area (Å²) in [5, 5.41) is 29.0. The lowest BCUT2D eigenvalue weighted by Crippen LogP contribution is -2.03. The van der Waals surface area contributed by atoms with Crippen LogP contribution in [0.4, 0.5) is 0 Å². The summed E-state index contributed by atoms with van der Waals surface area (Å²) in [7, 11) is 0. The van der Waals surface area contributed by atoms with E-state index in [2.05, 4.69) is 10.2 Å². The van der Waals surface area contributed by atoms with Crippen molar-refractivity contribution >= 4 is 11.4 Å². The van der Waals surface area contributed by atoms with E-state index in [9.17, 15) is 10.2 Å². The summed E-state index contributed by atoms with van der Waals surface area (Å²) < 4.78 is 0. The Kier molecular flexibility index (Phi) is 5.74. The molecule has 0 radical (unpaired) electrons. The molecular formula is C20H24N2O2. The van der Waals surface area contributed by atoms with Crippen molar-refractivity contribution in [1.29, 1.82) is 0 Å². The van der Waals surface area contributed by atoms with Crippen LogP contribution in [0.5, 0.6) is 11.5 Å². The maximum absolute atomic E-state index is 10.1. The molecule has 0 unspecified atom stereocenters. The average Bonchev–Trinajstić information content (AvgIpc) is 2.54. The van der Waals surface area contributed by atoms with Crippen molar-refractivity contribution in [2.45, 2.75) is 40.5 Å². The third-order valence-electron chi connectivity index (χ3n) is 3.89. The van der Waals surface area contributed by atoms with Gasteiger partial charge in [-0.1, -0.05) is 26.0 Å². The Labute approximate surface area is 143 Å². The summed E-state index contributed by atoms with van der Waals surface area (Å²) in [6, 6.07) is 11.0. The van der Waals surface area contributed by atoms with E-state index in [1.807, 2.05) is 52.0 Å². The van der Waals surface area contributed by atoms with Gasteiger partial charge in [-0.2, -0.15) is 10.2 Å². The van der Waals surface area contributed by atoms with E-state index < -0.39 is 0 Å². The van der Waals surface area contributed by atoms with Gasteiger partial charge in [0.2, 0.25) is 0 Å². The second-order valence-electron chi connectivity index (χ2n) is 5.84. The first-order chi connectivity index (χ1) is 11.5. The number of hydrogen-bond acceptors (Lipinski definition) is 4. The Bertz CT molecular complexity index is 725. The highest BCUT2D eigenvalue weighted by Gasteiger charge is 2.10. The van der Waals surface area contributed by atoms with Crippen molar-refractivity contribution in [3.05, 3.63) is 58.7 Å². The van der Waals surface area contributed by atoms with E-state index in [-0.39, 0.29) is 11.5 Å². The van der Waals surface area contributed by atoms with Gasteiger partial charge in [0.05, 0.1) is 11.4 Å². The molecule has 4 nitrogen and oxygen atoms in total. The molecule has 0 amide bonds. The van der Waals surface area contributed by atoms with Crippen LogP contribution in [0.25, 0.3) is 0 Å². The number of aromatic hydroxyl groups is 2. The first-order valence-corrected chi connectivity index (χ1v) is 8.19. The maximum atomic E-state index is 10.1. The van der Waals surface area contributed by atoms with E-state index in [1.54, 1.807) is 12.1 Å². The summed E-state index contributed by atoms with van der Waals surface area (Å²) in [6.45, 7) is 7.81. The minimum Gasteiger partial charge on any atom is -0.507 e. The predicted octanol–water partition coefficient (Wildman–Crippen LogP) is 4.73. The fourth-order valence-corrected chi connectivity index (χ4v) is 2.52. The first-order valence-electron chi connectivity index (χ1n) is 8.19. The third-order valence-corrected chi connectivity index (χ3v) is 3.89. The van der Waals surface area contributed by atoms with Crippen LogP contribution in [0.3, 0.4) is 0 Å². The zero-order valence-electron chi connectivity index (χ0n) is 14.7. The molecule has 0 aliphatic heterocycles. The second-order valence-corrected chi connectivity index (χ2v) is 5.84. The highest BCUT2D eigenvalue weighted by Crippen LogP contribution is 2.23. The van der Waals surface area contributed by atoms with Crippen LogP contribution in [0.1, 0.15) is 48.9 Å². The molecule has 0 saturated heterocycles. The van der Waals surface area contributed by atoms with E-state index in [4.69, 9.17) is 0 Å². The number of nitrogens with zero attached hydrogens (tertiary/aromatic N) is 2. The number of rotatable bonds is 5. The van der Waals surface area contributed by atoms with Gasteiger partial charge in [0.25, 0.3) is 0 Å². The molecule has 0 saturated carbocycles. The zero-order valence-corrected chi connectivity index (χ0v) is 14.7. The molecule has 0 spiro atoms. The Morgan fingerprint density at radius 3 is 1.42 bits per heavy atom. The van der Waals surface area contributed by atoms with E-state index in [1.165, 1.54) is 0 Å². The number of hydrogen-bond donors (Lipinski definition) is 2. The minimum atomic E-state index is 0.210. The molecular weight excluding hydrogens is 300 g/mol. The van der Waals surface area contributed by atoms with Crippen molar-refractivity contribution in [3.8, 4) is 11.5 Å². The molecule has 0 aliphatic carbocycles. The van der Waals surface area contributed by atoms with Crippen LogP contribution >= 0.6 is 0 Å². The SMILES string of the molecule is CC/C(=N/N=C(/CC)c1ccc(C)cc1O)c1ccc(C)cc1O. The predicted molar refractivity (Wildman–Crippen MR) is 99.3 cm³/mol. The highest BCUT2D eigenvalue weighted by atomic mass is 16.3. The fourth-order valence-electron chi connectivity index (χ4n) is 2.52. The molecule has 2 N–H and O–H groups in total. The summed E-state index contributed by atoms with van der Waals surface area (Å²) in [5.74, 6) is 0.420. The maximum Gasteiger partial charge on any atom is 0.124 e. The van der Waals surface area contributed by atoms with Gasteiger partial charge in [-0.15, -0.1) is 0 Å². The third kappa shape index (κ3) is 4.02. The van der Waals surface area contributed by atoms with E-state index in [0.717, 1.165) is 11.1 Å². The van der Waals surface area contributed by atoms with Gasteiger partial charge >= 0.3 is 0 Å². The van der Waals surface area contributed by atoms with Gasteiger partial charge in [-0.25, -0.2) is 0 Å². The standard InChI is InChI=1S/C20H24N2O2/c1-5-17(15-9-7-13(3)11-19(15)23)21-22-18(6-2)16-10-8-14(4)12-20(16)24/h7-12,23-24H,5-6H2,1-4H3/b21-17-,22-18-. The molecule has 0 aliphatic rings. The Hall–Kier alpha value is -2.62. The van der Waals surface area contributed by atoms with Crippen LogP contribution in [0.2, 0.25) is 0 Å². The second kappa shape index (κ2) is 7.77. The largest absolute Gasteiger partial charge is 0.507 e. The lowest BCUT2D eigenvalue weighted by molar-refractivity contribution is 0.473. The number of phenolic OH excluding ortho intramolecular Hbond substituents is 2. The van der Waals surface area contributed by atoms with Gasteiger partial charge in [-0.05, 0) is 62.1 Å². The summed E-state index contributed by atoms with van der Waals surface area (Å²) >= 11 is 0. The van der Waals surface area contributed by atoms with Crippen LogP contribution < -0.4 is 0 Å². The number of aryl methyl sites for hydroxylation is 2. The van der Waals surface area contributed by atoms with Gasteiger partial charge in [-0.3, -0.25) is 0 Å². The Morgan fingerprint density at radius 2 is 1.12 bits per heavy atom. The summed E-state index contributed by atoms with van der Waals surface area (Å²) in [5.41, 5.74) is 4.80. The van der Waals surface area contributed by atoms with E-state index >= 15 is 0 Å². The fraction of sp³-hybridized carbons (Fsp3) is 0.300. The molecule has 0 aromatic heterocycles. The van der Waals surface area contributed by atoms with Crippen molar-refractivity contribution in [3.63, 3.8) is 0 Å². The first kappa shape index (κ1) is 17.7. The molecule has 2 aromatic carbocycles. The molecule has 24 heavy (non-hydrogen) atoms. The van der Waals surface area contributed by atoms with Crippen molar-refractivity contribution in [2.24, 2.45) is 10.2 Å². The van der Waals surface area contributed by atoms with Gasteiger partial charge in [0, 0.05) is 11.1 Å². The van der Waals surface area contributed by atoms with E-state index in [0.29, 0.717) is 35.4 Å². The minimum absolute atomic E-state index is 0.210. The lowest BCUT2D eigenvalue weighted by Gasteiger charge is -2.08. The van der Waals surface area contributed by atoms with Crippen LogP contribution in [0, 0.1) is 13.8 Å². The lowest BCUT2D eigenvalue weighted by atomic mass is 10.0. The van der Waals surface area contributed by atoms with Crippen molar-refractivity contribution < 1.29 is 10.2 Å². The molecule has 0 bridgehead atoms. The van der Waals surface area contributed by atoms with Crippen LogP contribution in [-0.4, -0.2) is 21.6 Å². The summed E-state index contributed by atoms with van der Waals surface area (Å²) in [6.07, 6.45) is 1.30. The zero-order chi connectivity index (χ0) is 17.7. The Balaban J connectivity index is 2.43. The van der Waals surface area contributed by atoms with Gasteiger partial charge in [0.1, 0.15) is 11.5 Å². The monoisotopic (exact) mass is 324 g/mol. The van der Waals surface area contributed by atoms with Gasteiger partial charge < -0.3 is 10.2 Å². The summed E-state index contributed by atoms with van der Waals surface area (Å²) in [4.78, 5) is 0. The number of phenols is 2. The van der Waals surface area contributed by atoms with Crippen LogP contribution in [0.15, 0.2) is 46.6 Å². The van der Waals surface area contributed by atoms with Gasteiger partial charge in [0.15, 0.2) is 0 Å². The quantitative estimate of drug-likeness (QED) is 0.617. The smallest absolute Gasteiger partial charge is 0.124 e. The molecule has 0 fully saturated rings.